The van der Waals surface area contributed by atoms with E-state index in [4.69, 9.17) is 21.1 Å². The summed E-state index contributed by atoms with van der Waals surface area (Å²) < 4.78 is 10.8. The lowest BCUT2D eigenvalue weighted by molar-refractivity contribution is -0.142. The third kappa shape index (κ3) is 3.87. The number of carbonyl (C=O) groups is 1. The van der Waals surface area contributed by atoms with E-state index in [2.05, 4.69) is 31.3 Å². The minimum absolute atomic E-state index is 0.107. The van der Waals surface area contributed by atoms with Crippen molar-refractivity contribution < 1.29 is 14.3 Å². The number of benzene rings is 2. The Morgan fingerprint density at radius 1 is 1.15 bits per heavy atom. The van der Waals surface area contributed by atoms with Gasteiger partial charge in [0.05, 0.1) is 12.1 Å². The summed E-state index contributed by atoms with van der Waals surface area (Å²) in [4.78, 5) is 11.6. The van der Waals surface area contributed by atoms with E-state index in [9.17, 15) is 4.79 Å². The predicted octanol–water partition coefficient (Wildman–Crippen LogP) is 3.95. The number of esters is 1. The summed E-state index contributed by atoms with van der Waals surface area (Å²) in [6.07, 6.45) is 0.463. The van der Waals surface area contributed by atoms with Gasteiger partial charge in [0.1, 0.15) is 17.9 Å². The van der Waals surface area contributed by atoms with Crippen LogP contribution in [0.5, 0.6) is 5.75 Å². The highest BCUT2D eigenvalue weighted by molar-refractivity contribution is 6.32. The van der Waals surface area contributed by atoms with Crippen LogP contribution in [-0.4, -0.2) is 31.8 Å². The SMILES string of the molecule is COC(=O)[C@@H]1C[C@H](Oc2ccc(C(C)(C)c3ccccc3)cc2Cl)CN1. The highest BCUT2D eigenvalue weighted by atomic mass is 35.5. The molecule has 0 amide bonds. The molecular weight excluding hydrogens is 350 g/mol. The van der Waals surface area contributed by atoms with Crippen molar-refractivity contribution in [1.29, 1.82) is 0 Å². The average molecular weight is 374 g/mol. The van der Waals surface area contributed by atoms with Crippen LogP contribution in [0.2, 0.25) is 5.02 Å². The second-order valence-electron chi connectivity index (χ2n) is 7.10. The van der Waals surface area contributed by atoms with Gasteiger partial charge >= 0.3 is 5.97 Å². The van der Waals surface area contributed by atoms with Crippen LogP contribution in [0.4, 0.5) is 0 Å². The molecule has 138 valence electrons. The quantitative estimate of drug-likeness (QED) is 0.806. The van der Waals surface area contributed by atoms with Gasteiger partial charge in [-0.05, 0) is 23.3 Å². The summed E-state index contributed by atoms with van der Waals surface area (Å²) in [7, 11) is 1.39. The second kappa shape index (κ2) is 7.68. The van der Waals surface area contributed by atoms with Crippen molar-refractivity contribution in [3.8, 4) is 5.75 Å². The molecule has 0 bridgehead atoms. The fraction of sp³-hybridized carbons (Fsp3) is 0.381. The first-order valence-electron chi connectivity index (χ1n) is 8.75. The van der Waals surface area contributed by atoms with Crippen molar-refractivity contribution in [3.63, 3.8) is 0 Å². The zero-order chi connectivity index (χ0) is 18.7. The van der Waals surface area contributed by atoms with E-state index < -0.39 is 0 Å². The molecule has 4 nitrogen and oxygen atoms in total. The number of rotatable bonds is 5. The van der Waals surface area contributed by atoms with Crippen molar-refractivity contribution >= 4 is 17.6 Å². The van der Waals surface area contributed by atoms with Crippen molar-refractivity contribution in [3.05, 3.63) is 64.7 Å². The maximum absolute atomic E-state index is 11.6. The first-order valence-corrected chi connectivity index (χ1v) is 9.13. The molecule has 26 heavy (non-hydrogen) atoms. The van der Waals surface area contributed by atoms with E-state index in [-0.39, 0.29) is 23.5 Å². The molecule has 1 N–H and O–H groups in total. The van der Waals surface area contributed by atoms with Crippen LogP contribution in [0.25, 0.3) is 0 Å². The number of nitrogens with one attached hydrogen (secondary N) is 1. The molecule has 0 aliphatic carbocycles. The Morgan fingerprint density at radius 2 is 1.88 bits per heavy atom. The normalized spacial score (nSPS) is 20.0. The number of ether oxygens (including phenoxy) is 2. The second-order valence-corrected chi connectivity index (χ2v) is 7.50. The maximum atomic E-state index is 11.6. The van der Waals surface area contributed by atoms with Crippen LogP contribution < -0.4 is 10.1 Å². The Kier molecular flexibility index (Phi) is 5.54. The molecule has 1 fully saturated rings. The molecule has 1 heterocycles. The van der Waals surface area contributed by atoms with E-state index in [1.165, 1.54) is 12.7 Å². The maximum Gasteiger partial charge on any atom is 0.323 e. The van der Waals surface area contributed by atoms with Crippen LogP contribution in [0.3, 0.4) is 0 Å². The Bertz CT molecular complexity index is 776. The first-order chi connectivity index (χ1) is 12.4. The number of methoxy groups -OCH3 is 1. The summed E-state index contributed by atoms with van der Waals surface area (Å²) in [5.41, 5.74) is 2.19. The summed E-state index contributed by atoms with van der Waals surface area (Å²) in [6, 6.07) is 15.9. The van der Waals surface area contributed by atoms with Crippen molar-refractivity contribution in [1.82, 2.24) is 5.32 Å². The lowest BCUT2D eigenvalue weighted by Crippen LogP contribution is -2.31. The Labute approximate surface area is 159 Å². The molecule has 0 unspecified atom stereocenters. The summed E-state index contributed by atoms with van der Waals surface area (Å²) >= 11 is 6.49. The van der Waals surface area contributed by atoms with Crippen LogP contribution in [0, 0.1) is 0 Å². The fourth-order valence-electron chi connectivity index (χ4n) is 3.30. The van der Waals surface area contributed by atoms with Gasteiger partial charge in [-0.25, -0.2) is 0 Å². The molecule has 2 aromatic rings. The van der Waals surface area contributed by atoms with Gasteiger partial charge < -0.3 is 14.8 Å². The monoisotopic (exact) mass is 373 g/mol. The fourth-order valence-corrected chi connectivity index (χ4v) is 3.53. The molecule has 0 aromatic heterocycles. The van der Waals surface area contributed by atoms with Crippen molar-refractivity contribution in [2.45, 2.75) is 37.8 Å². The number of hydrogen-bond acceptors (Lipinski definition) is 4. The zero-order valence-corrected chi connectivity index (χ0v) is 16.0. The molecule has 1 aliphatic heterocycles. The lowest BCUT2D eigenvalue weighted by atomic mass is 9.78. The summed E-state index contributed by atoms with van der Waals surface area (Å²) in [5, 5.41) is 3.69. The standard InChI is InChI=1S/C21H24ClNO3/c1-21(2,14-7-5-4-6-8-14)15-9-10-19(17(22)11-15)26-16-12-18(23-13-16)20(24)25-3/h4-11,16,18,23H,12-13H2,1-3H3/t16-,18-/m0/s1. The topological polar surface area (TPSA) is 47.6 Å². The molecule has 3 rings (SSSR count). The first kappa shape index (κ1) is 18.7. The average Bonchev–Trinajstić information content (AvgIpc) is 3.12. The van der Waals surface area contributed by atoms with Gasteiger partial charge in [-0.15, -0.1) is 0 Å². The molecule has 0 spiro atoms. The number of hydrogen-bond donors (Lipinski definition) is 1. The molecule has 0 radical (unpaired) electrons. The number of carbonyl (C=O) groups excluding carboxylic acids is 1. The van der Waals surface area contributed by atoms with Crippen molar-refractivity contribution in [2.75, 3.05) is 13.7 Å². The summed E-state index contributed by atoms with van der Waals surface area (Å²) in [6.45, 7) is 4.94. The van der Waals surface area contributed by atoms with Gasteiger partial charge in [0.15, 0.2) is 0 Å². The van der Waals surface area contributed by atoms with Crippen LogP contribution in [-0.2, 0) is 14.9 Å². The minimum Gasteiger partial charge on any atom is -0.487 e. The Morgan fingerprint density at radius 3 is 2.54 bits per heavy atom. The molecular formula is C21H24ClNO3. The van der Waals surface area contributed by atoms with E-state index in [0.717, 1.165) is 5.56 Å². The van der Waals surface area contributed by atoms with Crippen molar-refractivity contribution in [2.24, 2.45) is 0 Å². The molecule has 1 aliphatic rings. The lowest BCUT2D eigenvalue weighted by Gasteiger charge is -2.27. The Hall–Kier alpha value is -2.04. The van der Waals surface area contributed by atoms with Gasteiger partial charge in [-0.1, -0.05) is 61.8 Å². The van der Waals surface area contributed by atoms with Gasteiger partial charge in [0.25, 0.3) is 0 Å². The van der Waals surface area contributed by atoms with E-state index in [0.29, 0.717) is 23.7 Å². The third-order valence-corrected chi connectivity index (χ3v) is 5.31. The molecule has 5 heteroatoms. The summed E-state index contributed by atoms with van der Waals surface area (Å²) in [5.74, 6) is 0.374. The largest absolute Gasteiger partial charge is 0.487 e. The molecule has 1 saturated heterocycles. The van der Waals surface area contributed by atoms with E-state index in [1.807, 2.05) is 36.4 Å². The van der Waals surface area contributed by atoms with Crippen LogP contribution in [0.1, 0.15) is 31.4 Å². The van der Waals surface area contributed by atoms with E-state index >= 15 is 0 Å². The van der Waals surface area contributed by atoms with Crippen LogP contribution >= 0.6 is 11.6 Å². The highest BCUT2D eigenvalue weighted by Crippen LogP contribution is 2.36. The predicted molar refractivity (Wildman–Crippen MR) is 103 cm³/mol. The highest BCUT2D eigenvalue weighted by Gasteiger charge is 2.32. The third-order valence-electron chi connectivity index (χ3n) is 5.02. The van der Waals surface area contributed by atoms with Gasteiger partial charge in [-0.2, -0.15) is 0 Å². The van der Waals surface area contributed by atoms with Gasteiger partial charge in [0, 0.05) is 18.4 Å². The molecule has 2 aromatic carbocycles. The number of halogens is 1. The Balaban J connectivity index is 1.73. The van der Waals surface area contributed by atoms with E-state index in [1.54, 1.807) is 0 Å². The van der Waals surface area contributed by atoms with Gasteiger partial charge in [0.2, 0.25) is 0 Å². The van der Waals surface area contributed by atoms with Gasteiger partial charge in [-0.3, -0.25) is 4.79 Å². The zero-order valence-electron chi connectivity index (χ0n) is 15.3. The molecule has 2 atom stereocenters. The molecule has 0 saturated carbocycles. The minimum atomic E-state index is -0.319. The smallest absolute Gasteiger partial charge is 0.323 e. The van der Waals surface area contributed by atoms with Crippen LogP contribution in [0.15, 0.2) is 48.5 Å².